The van der Waals surface area contributed by atoms with Crippen molar-refractivity contribution in [2.45, 2.75) is 44.8 Å². The molecule has 0 bridgehead atoms. The molecule has 12 heavy (non-hydrogen) atoms. The van der Waals surface area contributed by atoms with E-state index in [-0.39, 0.29) is 5.60 Å². The SMILES string of the molecule is CC1CCC2(CNCC(C)O2)C1. The number of rotatable bonds is 0. The average molecular weight is 169 g/mol. The predicted octanol–water partition coefficient (Wildman–Crippen LogP) is 1.55. The summed E-state index contributed by atoms with van der Waals surface area (Å²) in [5, 5.41) is 3.46. The fourth-order valence-corrected chi connectivity index (χ4v) is 2.63. The van der Waals surface area contributed by atoms with Crippen molar-refractivity contribution in [3.05, 3.63) is 0 Å². The summed E-state index contributed by atoms with van der Waals surface area (Å²) in [7, 11) is 0. The van der Waals surface area contributed by atoms with Gasteiger partial charge in [0.1, 0.15) is 0 Å². The first kappa shape index (κ1) is 8.52. The van der Waals surface area contributed by atoms with Gasteiger partial charge in [0, 0.05) is 13.1 Å². The Kier molecular flexibility index (Phi) is 2.13. The maximum atomic E-state index is 6.04. The summed E-state index contributed by atoms with van der Waals surface area (Å²) in [4.78, 5) is 0. The Balaban J connectivity index is 2.00. The lowest BCUT2D eigenvalue weighted by Gasteiger charge is -2.38. The lowest BCUT2D eigenvalue weighted by atomic mass is 9.98. The molecule has 3 unspecified atom stereocenters. The Bertz CT molecular complexity index is 167. The molecule has 70 valence electrons. The molecule has 2 rings (SSSR count). The van der Waals surface area contributed by atoms with Gasteiger partial charge < -0.3 is 10.1 Å². The minimum Gasteiger partial charge on any atom is -0.369 e. The standard InChI is InChI=1S/C10H19NO/c1-8-3-4-10(5-8)7-11-6-9(2)12-10/h8-9,11H,3-7H2,1-2H3. The first-order chi connectivity index (χ1) is 5.70. The van der Waals surface area contributed by atoms with Gasteiger partial charge in [-0.25, -0.2) is 0 Å². The van der Waals surface area contributed by atoms with Crippen LogP contribution in [0.3, 0.4) is 0 Å². The summed E-state index contributed by atoms with van der Waals surface area (Å²) in [6, 6.07) is 0. The molecule has 1 saturated heterocycles. The molecule has 1 spiro atoms. The van der Waals surface area contributed by atoms with E-state index in [1.807, 2.05) is 0 Å². The second-order valence-corrected chi connectivity index (χ2v) is 4.59. The molecule has 0 radical (unpaired) electrons. The van der Waals surface area contributed by atoms with Crippen molar-refractivity contribution in [3.63, 3.8) is 0 Å². The molecule has 3 atom stereocenters. The molecule has 0 aromatic rings. The van der Waals surface area contributed by atoms with Gasteiger partial charge in [0.15, 0.2) is 0 Å². The normalized spacial score (nSPS) is 48.5. The van der Waals surface area contributed by atoms with E-state index in [1.54, 1.807) is 0 Å². The van der Waals surface area contributed by atoms with Gasteiger partial charge >= 0.3 is 0 Å². The number of morpholine rings is 1. The minimum atomic E-state index is 0.205. The van der Waals surface area contributed by atoms with Crippen LogP contribution in [0, 0.1) is 5.92 Å². The van der Waals surface area contributed by atoms with E-state index in [4.69, 9.17) is 4.74 Å². The maximum absolute atomic E-state index is 6.04. The van der Waals surface area contributed by atoms with Gasteiger partial charge in [-0.1, -0.05) is 6.92 Å². The van der Waals surface area contributed by atoms with Gasteiger partial charge in [0.2, 0.25) is 0 Å². The predicted molar refractivity (Wildman–Crippen MR) is 49.2 cm³/mol. The van der Waals surface area contributed by atoms with Gasteiger partial charge in [-0.15, -0.1) is 0 Å². The molecule has 2 aliphatic rings. The van der Waals surface area contributed by atoms with Crippen LogP contribution in [0.5, 0.6) is 0 Å². The van der Waals surface area contributed by atoms with Gasteiger partial charge in [0.05, 0.1) is 11.7 Å². The summed E-state index contributed by atoms with van der Waals surface area (Å²) < 4.78 is 6.04. The zero-order valence-corrected chi connectivity index (χ0v) is 8.10. The van der Waals surface area contributed by atoms with Crippen molar-refractivity contribution in [3.8, 4) is 0 Å². The molecule has 0 aromatic heterocycles. The van der Waals surface area contributed by atoms with Crippen LogP contribution in [0.15, 0.2) is 0 Å². The van der Waals surface area contributed by atoms with Crippen LogP contribution in [-0.4, -0.2) is 24.8 Å². The van der Waals surface area contributed by atoms with Crippen LogP contribution in [0.2, 0.25) is 0 Å². The lowest BCUT2D eigenvalue weighted by molar-refractivity contribution is -0.106. The Morgan fingerprint density at radius 3 is 2.83 bits per heavy atom. The molecular formula is C10H19NO. The molecule has 1 saturated carbocycles. The van der Waals surface area contributed by atoms with Crippen molar-refractivity contribution in [2.24, 2.45) is 5.92 Å². The molecular weight excluding hydrogens is 150 g/mol. The fourth-order valence-electron chi connectivity index (χ4n) is 2.63. The Hall–Kier alpha value is -0.0800. The average Bonchev–Trinajstić information content (AvgIpc) is 2.32. The zero-order valence-electron chi connectivity index (χ0n) is 8.10. The van der Waals surface area contributed by atoms with Crippen molar-refractivity contribution < 1.29 is 4.74 Å². The minimum absolute atomic E-state index is 0.205. The van der Waals surface area contributed by atoms with Gasteiger partial charge in [-0.2, -0.15) is 0 Å². The number of ether oxygens (including phenoxy) is 1. The lowest BCUT2D eigenvalue weighted by Crippen LogP contribution is -2.51. The van der Waals surface area contributed by atoms with Gasteiger partial charge in [0.25, 0.3) is 0 Å². The molecule has 2 heteroatoms. The summed E-state index contributed by atoms with van der Waals surface area (Å²) in [5.74, 6) is 0.858. The summed E-state index contributed by atoms with van der Waals surface area (Å²) in [5.41, 5.74) is 0.205. The van der Waals surface area contributed by atoms with Crippen LogP contribution in [-0.2, 0) is 4.74 Å². The smallest absolute Gasteiger partial charge is 0.0813 e. The van der Waals surface area contributed by atoms with Crippen LogP contribution >= 0.6 is 0 Å². The highest BCUT2D eigenvalue weighted by molar-refractivity contribution is 4.94. The highest BCUT2D eigenvalue weighted by Gasteiger charge is 2.41. The van der Waals surface area contributed by atoms with E-state index in [9.17, 15) is 0 Å². The molecule has 1 aliphatic heterocycles. The molecule has 1 aliphatic carbocycles. The molecule has 1 heterocycles. The van der Waals surface area contributed by atoms with Crippen LogP contribution < -0.4 is 5.32 Å². The van der Waals surface area contributed by atoms with Crippen molar-refractivity contribution >= 4 is 0 Å². The third kappa shape index (κ3) is 1.50. The summed E-state index contributed by atoms with van der Waals surface area (Å²) in [6.45, 7) is 6.59. The van der Waals surface area contributed by atoms with Crippen LogP contribution in [0.4, 0.5) is 0 Å². The molecule has 1 N–H and O–H groups in total. The van der Waals surface area contributed by atoms with Crippen molar-refractivity contribution in [1.29, 1.82) is 0 Å². The van der Waals surface area contributed by atoms with E-state index < -0.39 is 0 Å². The summed E-state index contributed by atoms with van der Waals surface area (Å²) in [6.07, 6.45) is 4.26. The largest absolute Gasteiger partial charge is 0.369 e. The fraction of sp³-hybridized carbons (Fsp3) is 1.00. The maximum Gasteiger partial charge on any atom is 0.0813 e. The third-order valence-electron chi connectivity index (χ3n) is 3.14. The highest BCUT2D eigenvalue weighted by Crippen LogP contribution is 2.38. The zero-order chi connectivity index (χ0) is 8.60. The van der Waals surface area contributed by atoms with E-state index in [2.05, 4.69) is 19.2 Å². The highest BCUT2D eigenvalue weighted by atomic mass is 16.5. The van der Waals surface area contributed by atoms with Crippen LogP contribution in [0.1, 0.15) is 33.1 Å². The molecule has 0 amide bonds. The molecule has 2 fully saturated rings. The monoisotopic (exact) mass is 169 g/mol. The van der Waals surface area contributed by atoms with E-state index >= 15 is 0 Å². The first-order valence-corrected chi connectivity index (χ1v) is 5.09. The Labute approximate surface area is 74.7 Å². The van der Waals surface area contributed by atoms with Gasteiger partial charge in [-0.3, -0.25) is 0 Å². The second-order valence-electron chi connectivity index (χ2n) is 4.59. The number of nitrogens with one attached hydrogen (secondary N) is 1. The van der Waals surface area contributed by atoms with E-state index in [0.29, 0.717) is 6.10 Å². The molecule has 2 nitrogen and oxygen atoms in total. The van der Waals surface area contributed by atoms with E-state index in [1.165, 1.54) is 19.3 Å². The molecule has 0 aromatic carbocycles. The first-order valence-electron chi connectivity index (χ1n) is 5.09. The second kappa shape index (κ2) is 3.00. The van der Waals surface area contributed by atoms with Crippen LogP contribution in [0.25, 0.3) is 0 Å². The summed E-state index contributed by atoms with van der Waals surface area (Å²) >= 11 is 0. The number of hydrogen-bond donors (Lipinski definition) is 1. The van der Waals surface area contributed by atoms with E-state index in [0.717, 1.165) is 19.0 Å². The third-order valence-corrected chi connectivity index (χ3v) is 3.14. The topological polar surface area (TPSA) is 21.3 Å². The quantitative estimate of drug-likeness (QED) is 0.594. The Morgan fingerprint density at radius 1 is 1.42 bits per heavy atom. The number of hydrogen-bond acceptors (Lipinski definition) is 2. The van der Waals surface area contributed by atoms with Crippen molar-refractivity contribution in [1.82, 2.24) is 5.32 Å². The van der Waals surface area contributed by atoms with Gasteiger partial charge in [-0.05, 0) is 32.1 Å². The van der Waals surface area contributed by atoms with Crippen molar-refractivity contribution in [2.75, 3.05) is 13.1 Å². The Morgan fingerprint density at radius 2 is 2.25 bits per heavy atom.